The summed E-state index contributed by atoms with van der Waals surface area (Å²) in [6.07, 6.45) is -0.0701. The van der Waals surface area contributed by atoms with Crippen LogP contribution < -0.4 is 14.4 Å². The quantitative estimate of drug-likeness (QED) is 0.486. The third-order valence-corrected chi connectivity index (χ3v) is 5.42. The number of carbonyl (C=O) groups excluding carboxylic acids is 1. The van der Waals surface area contributed by atoms with Crippen LogP contribution in [0.1, 0.15) is 11.5 Å². The van der Waals surface area contributed by atoms with Gasteiger partial charge in [-0.15, -0.1) is 0 Å². The highest BCUT2D eigenvalue weighted by Gasteiger charge is 2.38. The van der Waals surface area contributed by atoms with Crippen molar-refractivity contribution in [2.45, 2.75) is 6.18 Å². The van der Waals surface area contributed by atoms with Gasteiger partial charge in [0, 0.05) is 44.0 Å². The number of anilines is 1. The van der Waals surface area contributed by atoms with Gasteiger partial charge < -0.3 is 23.8 Å². The van der Waals surface area contributed by atoms with Crippen molar-refractivity contribution in [3.63, 3.8) is 0 Å². The number of hydrogen-bond acceptors (Lipinski definition) is 8. The molecule has 1 aliphatic rings. The first-order chi connectivity index (χ1) is 16.8. The van der Waals surface area contributed by atoms with Gasteiger partial charge in [-0.1, -0.05) is 11.2 Å². The molecule has 0 atom stereocenters. The number of ether oxygens (including phenoxy) is 2. The minimum Gasteiger partial charge on any atom is -0.493 e. The van der Waals surface area contributed by atoms with Crippen LogP contribution in [0.3, 0.4) is 0 Å². The summed E-state index contributed by atoms with van der Waals surface area (Å²) in [6, 6.07) is 8.64. The Hall–Kier alpha value is -4.09. The summed E-state index contributed by atoms with van der Waals surface area (Å²) in [4.78, 5) is 24.0. The lowest BCUT2D eigenvalue weighted by Gasteiger charge is -2.35. The van der Waals surface area contributed by atoms with Crippen molar-refractivity contribution >= 4 is 17.8 Å². The number of piperazine rings is 1. The molecule has 0 unspecified atom stereocenters. The van der Waals surface area contributed by atoms with Crippen LogP contribution in [0.15, 0.2) is 47.1 Å². The average molecular weight is 489 g/mol. The first-order valence-corrected chi connectivity index (χ1v) is 10.6. The molecule has 1 aliphatic heterocycles. The average Bonchev–Trinajstić information content (AvgIpc) is 3.38. The number of methoxy groups -OCH3 is 2. The van der Waals surface area contributed by atoms with Crippen molar-refractivity contribution in [1.29, 1.82) is 0 Å². The van der Waals surface area contributed by atoms with Crippen LogP contribution in [-0.4, -0.2) is 66.3 Å². The van der Waals surface area contributed by atoms with Crippen LogP contribution in [0.2, 0.25) is 0 Å². The number of aromatic nitrogens is 3. The SMILES string of the molecule is COc1ccc(/C=C\C(=O)N2CCN(c3ccc(-c4noc(C(F)(F)F)n4)cn3)CC2)cc1OC. The Balaban J connectivity index is 1.33. The standard InChI is InChI=1S/C23H22F3N5O4/c1-33-17-6-3-15(13-18(17)34-2)4-8-20(32)31-11-9-30(10-12-31)19-7-5-16(14-27-19)21-28-22(35-29-21)23(24,25)26/h3-8,13-14H,9-12H2,1-2H3/b8-4-. The van der Waals surface area contributed by atoms with E-state index in [4.69, 9.17) is 9.47 Å². The fraction of sp³-hybridized carbons (Fsp3) is 0.304. The highest BCUT2D eigenvalue weighted by Crippen LogP contribution is 2.30. The van der Waals surface area contributed by atoms with E-state index in [1.165, 1.54) is 12.3 Å². The Morgan fingerprint density at radius 3 is 2.40 bits per heavy atom. The molecule has 1 aromatic carbocycles. The first kappa shape index (κ1) is 24.0. The summed E-state index contributed by atoms with van der Waals surface area (Å²) in [5.74, 6) is 0.124. The van der Waals surface area contributed by atoms with Gasteiger partial charge >= 0.3 is 12.1 Å². The van der Waals surface area contributed by atoms with Crippen LogP contribution in [-0.2, 0) is 11.0 Å². The highest BCUT2D eigenvalue weighted by molar-refractivity contribution is 5.92. The van der Waals surface area contributed by atoms with Crippen molar-refractivity contribution in [2.75, 3.05) is 45.3 Å². The third kappa shape index (κ3) is 5.53. The summed E-state index contributed by atoms with van der Waals surface area (Å²) in [5, 5.41) is 3.36. The molecular formula is C23H22F3N5O4. The largest absolute Gasteiger partial charge is 0.493 e. The Kier molecular flexibility index (Phi) is 6.90. The maximum Gasteiger partial charge on any atom is 0.471 e. The van der Waals surface area contributed by atoms with E-state index < -0.39 is 12.1 Å². The molecule has 1 amide bonds. The number of alkyl halides is 3. The van der Waals surface area contributed by atoms with Gasteiger partial charge in [0.15, 0.2) is 11.5 Å². The minimum absolute atomic E-state index is 0.111. The molecule has 1 saturated heterocycles. The molecule has 0 spiro atoms. The van der Waals surface area contributed by atoms with Crippen molar-refractivity contribution in [2.24, 2.45) is 0 Å². The fourth-order valence-corrected chi connectivity index (χ4v) is 3.55. The van der Waals surface area contributed by atoms with Crippen molar-refractivity contribution in [1.82, 2.24) is 20.0 Å². The van der Waals surface area contributed by atoms with Crippen molar-refractivity contribution < 1.29 is 32.0 Å². The number of halogens is 3. The topological polar surface area (TPSA) is 93.8 Å². The number of nitrogens with zero attached hydrogens (tertiary/aromatic N) is 5. The molecule has 35 heavy (non-hydrogen) atoms. The van der Waals surface area contributed by atoms with Gasteiger partial charge in [-0.25, -0.2) is 4.98 Å². The normalized spacial score (nSPS) is 14.4. The summed E-state index contributed by atoms with van der Waals surface area (Å²) in [7, 11) is 3.11. The van der Waals surface area contributed by atoms with Crippen LogP contribution in [0.4, 0.5) is 19.0 Å². The Bertz CT molecular complexity index is 1200. The lowest BCUT2D eigenvalue weighted by Crippen LogP contribution is -2.48. The lowest BCUT2D eigenvalue weighted by atomic mass is 10.2. The Labute approximate surface area is 198 Å². The summed E-state index contributed by atoms with van der Waals surface area (Å²) in [6.45, 7) is 2.11. The molecule has 9 nitrogen and oxygen atoms in total. The Morgan fingerprint density at radius 2 is 1.80 bits per heavy atom. The third-order valence-electron chi connectivity index (χ3n) is 5.42. The molecule has 0 saturated carbocycles. The number of amides is 1. The van der Waals surface area contributed by atoms with Gasteiger partial charge in [-0.2, -0.15) is 18.2 Å². The molecule has 3 aromatic rings. The van der Waals surface area contributed by atoms with E-state index in [0.29, 0.717) is 49.1 Å². The van der Waals surface area contributed by atoms with E-state index in [1.54, 1.807) is 49.5 Å². The molecule has 2 aromatic heterocycles. The van der Waals surface area contributed by atoms with Crippen LogP contribution in [0, 0.1) is 0 Å². The van der Waals surface area contributed by atoms with Crippen LogP contribution >= 0.6 is 0 Å². The van der Waals surface area contributed by atoms with E-state index in [1.807, 2.05) is 11.0 Å². The maximum absolute atomic E-state index is 12.6. The lowest BCUT2D eigenvalue weighted by molar-refractivity contribution is -0.159. The highest BCUT2D eigenvalue weighted by atomic mass is 19.4. The van der Waals surface area contributed by atoms with Crippen molar-refractivity contribution in [3.8, 4) is 22.9 Å². The summed E-state index contributed by atoms with van der Waals surface area (Å²) < 4.78 is 52.7. The predicted molar refractivity (Wildman–Crippen MR) is 120 cm³/mol. The monoisotopic (exact) mass is 489 g/mol. The van der Waals surface area contributed by atoms with Gasteiger partial charge in [0.05, 0.1) is 14.2 Å². The molecule has 0 radical (unpaired) electrons. The predicted octanol–water partition coefficient (Wildman–Crippen LogP) is 3.53. The molecule has 0 bridgehead atoms. The van der Waals surface area contributed by atoms with Crippen LogP contribution in [0.5, 0.6) is 11.5 Å². The molecule has 12 heteroatoms. The van der Waals surface area contributed by atoms with E-state index in [9.17, 15) is 18.0 Å². The van der Waals surface area contributed by atoms with Gasteiger partial charge in [0.1, 0.15) is 5.82 Å². The van der Waals surface area contributed by atoms with Crippen LogP contribution in [0.25, 0.3) is 17.5 Å². The molecule has 184 valence electrons. The zero-order chi connectivity index (χ0) is 25.0. The molecule has 1 fully saturated rings. The second-order valence-electron chi connectivity index (χ2n) is 7.59. The second-order valence-corrected chi connectivity index (χ2v) is 7.59. The van der Waals surface area contributed by atoms with Gasteiger partial charge in [-0.3, -0.25) is 4.79 Å². The van der Waals surface area contributed by atoms with Gasteiger partial charge in [0.2, 0.25) is 11.7 Å². The molecule has 0 N–H and O–H groups in total. The first-order valence-electron chi connectivity index (χ1n) is 10.6. The number of rotatable bonds is 6. The zero-order valence-electron chi connectivity index (χ0n) is 19.0. The van der Waals surface area contributed by atoms with E-state index >= 15 is 0 Å². The minimum atomic E-state index is -4.70. The van der Waals surface area contributed by atoms with E-state index in [2.05, 4.69) is 19.6 Å². The van der Waals surface area contributed by atoms with E-state index in [-0.39, 0.29) is 11.7 Å². The number of pyridine rings is 1. The molecule has 3 heterocycles. The van der Waals surface area contributed by atoms with Crippen molar-refractivity contribution in [3.05, 3.63) is 54.1 Å². The number of hydrogen-bond donors (Lipinski definition) is 0. The Morgan fingerprint density at radius 1 is 1.06 bits per heavy atom. The summed E-state index contributed by atoms with van der Waals surface area (Å²) in [5.41, 5.74) is 1.12. The molecule has 0 aliphatic carbocycles. The maximum atomic E-state index is 12.6. The fourth-order valence-electron chi connectivity index (χ4n) is 3.55. The van der Waals surface area contributed by atoms with Gasteiger partial charge in [-0.05, 0) is 35.9 Å². The second kappa shape index (κ2) is 10.0. The van der Waals surface area contributed by atoms with E-state index in [0.717, 1.165) is 5.56 Å². The molecular weight excluding hydrogens is 467 g/mol. The number of benzene rings is 1. The molecule has 4 rings (SSSR count). The smallest absolute Gasteiger partial charge is 0.471 e. The number of carbonyl (C=O) groups is 1. The van der Waals surface area contributed by atoms with Gasteiger partial charge in [0.25, 0.3) is 0 Å². The summed E-state index contributed by atoms with van der Waals surface area (Å²) >= 11 is 0. The zero-order valence-corrected chi connectivity index (χ0v) is 19.0.